The lowest BCUT2D eigenvalue weighted by atomic mass is 10.1. The first-order valence-electron chi connectivity index (χ1n) is 8.59. The van der Waals surface area contributed by atoms with Gasteiger partial charge in [-0.05, 0) is 53.2 Å². The molecule has 1 heterocycles. The number of anilines is 1. The third-order valence-electron chi connectivity index (χ3n) is 4.19. The SMILES string of the molecule is O=C(Nc1cc(Cl)ccc1O)c1ccc(COc2ccc3ccccc3c2)o1. The van der Waals surface area contributed by atoms with Crippen LogP contribution < -0.4 is 10.1 Å². The topological polar surface area (TPSA) is 71.7 Å². The summed E-state index contributed by atoms with van der Waals surface area (Å²) in [5.74, 6) is 0.758. The summed E-state index contributed by atoms with van der Waals surface area (Å²) in [7, 11) is 0. The molecule has 0 saturated heterocycles. The number of rotatable bonds is 5. The summed E-state index contributed by atoms with van der Waals surface area (Å²) in [5.41, 5.74) is 0.211. The van der Waals surface area contributed by atoms with Crippen molar-refractivity contribution >= 4 is 34.0 Å². The fourth-order valence-electron chi connectivity index (χ4n) is 2.78. The number of nitrogens with one attached hydrogen (secondary N) is 1. The third-order valence-corrected chi connectivity index (χ3v) is 4.43. The summed E-state index contributed by atoms with van der Waals surface area (Å²) in [6, 6.07) is 21.5. The second kappa shape index (κ2) is 7.66. The number of hydrogen-bond acceptors (Lipinski definition) is 4. The van der Waals surface area contributed by atoms with Crippen molar-refractivity contribution in [2.45, 2.75) is 6.61 Å². The molecule has 6 heteroatoms. The van der Waals surface area contributed by atoms with Gasteiger partial charge in [-0.1, -0.05) is 41.9 Å². The lowest BCUT2D eigenvalue weighted by molar-refractivity contribution is 0.0992. The molecule has 0 bridgehead atoms. The first-order valence-corrected chi connectivity index (χ1v) is 8.96. The maximum Gasteiger partial charge on any atom is 0.291 e. The largest absolute Gasteiger partial charge is 0.506 e. The molecule has 3 aromatic carbocycles. The number of carbonyl (C=O) groups excluding carboxylic acids is 1. The average Bonchev–Trinajstić information content (AvgIpc) is 3.18. The van der Waals surface area contributed by atoms with Crippen LogP contribution in [-0.4, -0.2) is 11.0 Å². The number of benzene rings is 3. The molecule has 1 aromatic heterocycles. The van der Waals surface area contributed by atoms with Gasteiger partial charge in [-0.3, -0.25) is 4.79 Å². The summed E-state index contributed by atoms with van der Waals surface area (Å²) >= 11 is 5.88. The van der Waals surface area contributed by atoms with Gasteiger partial charge < -0.3 is 19.6 Å². The first kappa shape index (κ1) is 17.9. The fraction of sp³-hybridized carbons (Fsp3) is 0.0455. The molecule has 140 valence electrons. The van der Waals surface area contributed by atoms with Crippen LogP contribution in [0, 0.1) is 0 Å². The van der Waals surface area contributed by atoms with Gasteiger partial charge in [0.25, 0.3) is 5.91 Å². The van der Waals surface area contributed by atoms with Crippen molar-refractivity contribution in [1.82, 2.24) is 0 Å². The lowest BCUT2D eigenvalue weighted by Gasteiger charge is -2.07. The number of ether oxygens (including phenoxy) is 1. The first-order chi connectivity index (χ1) is 13.6. The number of phenols is 1. The Labute approximate surface area is 166 Å². The van der Waals surface area contributed by atoms with Crippen molar-refractivity contribution in [1.29, 1.82) is 0 Å². The van der Waals surface area contributed by atoms with E-state index < -0.39 is 5.91 Å². The third kappa shape index (κ3) is 3.94. The van der Waals surface area contributed by atoms with Crippen molar-refractivity contribution in [3.05, 3.63) is 89.3 Å². The second-order valence-electron chi connectivity index (χ2n) is 6.18. The van der Waals surface area contributed by atoms with Gasteiger partial charge in [-0.2, -0.15) is 0 Å². The predicted molar refractivity (Wildman–Crippen MR) is 108 cm³/mol. The normalized spacial score (nSPS) is 10.8. The maximum absolute atomic E-state index is 12.3. The molecule has 4 rings (SSSR count). The van der Waals surface area contributed by atoms with Gasteiger partial charge in [0.15, 0.2) is 5.76 Å². The van der Waals surface area contributed by atoms with Crippen LogP contribution in [0.1, 0.15) is 16.3 Å². The molecular weight excluding hydrogens is 378 g/mol. The Balaban J connectivity index is 1.42. The lowest BCUT2D eigenvalue weighted by Crippen LogP contribution is -2.11. The van der Waals surface area contributed by atoms with Crippen molar-refractivity contribution in [3.8, 4) is 11.5 Å². The molecule has 28 heavy (non-hydrogen) atoms. The molecule has 0 spiro atoms. The predicted octanol–water partition coefficient (Wildman–Crippen LogP) is 5.62. The molecule has 0 aliphatic heterocycles. The Morgan fingerprint density at radius 1 is 1.00 bits per heavy atom. The van der Waals surface area contributed by atoms with Gasteiger partial charge in [-0.25, -0.2) is 0 Å². The van der Waals surface area contributed by atoms with Crippen LogP contribution in [0.15, 0.2) is 77.2 Å². The van der Waals surface area contributed by atoms with E-state index in [1.807, 2.05) is 42.5 Å². The zero-order valence-corrected chi connectivity index (χ0v) is 15.4. The Kier molecular flexibility index (Phi) is 4.91. The number of fused-ring (bicyclic) bond motifs is 1. The van der Waals surface area contributed by atoms with E-state index in [2.05, 4.69) is 5.32 Å². The monoisotopic (exact) mass is 393 g/mol. The average molecular weight is 394 g/mol. The van der Waals surface area contributed by atoms with Crippen molar-refractivity contribution < 1.29 is 19.1 Å². The molecular formula is C22H16ClNO4. The number of amides is 1. The van der Waals surface area contributed by atoms with Gasteiger partial charge in [-0.15, -0.1) is 0 Å². The van der Waals surface area contributed by atoms with Crippen LogP contribution in [-0.2, 0) is 6.61 Å². The molecule has 0 atom stereocenters. The van der Waals surface area contributed by atoms with Crippen LogP contribution in [0.3, 0.4) is 0 Å². The highest BCUT2D eigenvalue weighted by molar-refractivity contribution is 6.31. The van der Waals surface area contributed by atoms with Crippen molar-refractivity contribution in [2.75, 3.05) is 5.32 Å². The number of aromatic hydroxyl groups is 1. The van der Waals surface area contributed by atoms with E-state index in [9.17, 15) is 9.90 Å². The number of phenolic OH excluding ortho intramolecular Hbond substituents is 1. The van der Waals surface area contributed by atoms with Crippen molar-refractivity contribution in [2.24, 2.45) is 0 Å². The minimum Gasteiger partial charge on any atom is -0.506 e. The summed E-state index contributed by atoms with van der Waals surface area (Å²) in [4.78, 5) is 12.3. The molecule has 2 N–H and O–H groups in total. The maximum atomic E-state index is 12.3. The van der Waals surface area contributed by atoms with Crippen molar-refractivity contribution in [3.63, 3.8) is 0 Å². The van der Waals surface area contributed by atoms with Gasteiger partial charge >= 0.3 is 0 Å². The fourth-order valence-corrected chi connectivity index (χ4v) is 2.95. The highest BCUT2D eigenvalue weighted by Gasteiger charge is 2.14. The van der Waals surface area contributed by atoms with E-state index in [1.165, 1.54) is 18.2 Å². The van der Waals surface area contributed by atoms with E-state index in [0.29, 0.717) is 16.5 Å². The summed E-state index contributed by atoms with van der Waals surface area (Å²) < 4.78 is 11.3. The zero-order valence-electron chi connectivity index (χ0n) is 14.7. The number of hydrogen-bond donors (Lipinski definition) is 2. The summed E-state index contributed by atoms with van der Waals surface area (Å²) in [6.07, 6.45) is 0. The highest BCUT2D eigenvalue weighted by Crippen LogP contribution is 2.27. The van der Waals surface area contributed by atoms with Crippen LogP contribution in [0.25, 0.3) is 10.8 Å². The quantitative estimate of drug-likeness (QED) is 0.431. The van der Waals surface area contributed by atoms with Crippen LogP contribution in [0.5, 0.6) is 11.5 Å². The Morgan fingerprint density at radius 2 is 1.82 bits per heavy atom. The van der Waals surface area contributed by atoms with Gasteiger partial charge in [0.1, 0.15) is 23.9 Å². The van der Waals surface area contributed by atoms with E-state index in [4.69, 9.17) is 20.8 Å². The molecule has 0 aliphatic carbocycles. The molecule has 0 saturated carbocycles. The Bertz CT molecular complexity index is 1150. The molecule has 1 amide bonds. The standard InChI is InChI=1S/C22H16ClNO4/c23-16-6-9-20(25)19(12-16)24-22(26)21-10-8-18(28-21)13-27-17-7-5-14-3-1-2-4-15(14)11-17/h1-12,25H,13H2,(H,24,26). The van der Waals surface area contributed by atoms with Gasteiger partial charge in [0.05, 0.1) is 5.69 Å². The number of furan rings is 1. The van der Waals surface area contributed by atoms with E-state index in [-0.39, 0.29) is 23.8 Å². The summed E-state index contributed by atoms with van der Waals surface area (Å²) in [6.45, 7) is 0.189. The number of carbonyl (C=O) groups is 1. The molecule has 0 unspecified atom stereocenters. The Morgan fingerprint density at radius 3 is 2.68 bits per heavy atom. The smallest absolute Gasteiger partial charge is 0.291 e. The van der Waals surface area contributed by atoms with Gasteiger partial charge in [0, 0.05) is 5.02 Å². The van der Waals surface area contributed by atoms with Crippen LogP contribution in [0.4, 0.5) is 5.69 Å². The highest BCUT2D eigenvalue weighted by atomic mass is 35.5. The zero-order chi connectivity index (χ0) is 19.5. The van der Waals surface area contributed by atoms with E-state index in [0.717, 1.165) is 10.8 Å². The molecule has 0 aliphatic rings. The van der Waals surface area contributed by atoms with Gasteiger partial charge in [0.2, 0.25) is 0 Å². The van der Waals surface area contributed by atoms with E-state index >= 15 is 0 Å². The summed E-state index contributed by atoms with van der Waals surface area (Å²) in [5, 5.41) is 15.0. The molecule has 5 nitrogen and oxygen atoms in total. The minimum atomic E-state index is -0.491. The molecule has 4 aromatic rings. The Hall–Kier alpha value is -3.44. The molecule has 0 radical (unpaired) electrons. The van der Waals surface area contributed by atoms with E-state index in [1.54, 1.807) is 12.1 Å². The number of halogens is 1. The molecule has 0 fully saturated rings. The van der Waals surface area contributed by atoms with Crippen LogP contribution >= 0.6 is 11.6 Å². The van der Waals surface area contributed by atoms with Crippen LogP contribution in [0.2, 0.25) is 5.02 Å². The second-order valence-corrected chi connectivity index (χ2v) is 6.62. The minimum absolute atomic E-state index is 0.0795.